The Bertz CT molecular complexity index is 289. The molecular formula is C13H22N2O. The molecule has 1 rings (SSSR count). The zero-order valence-electron chi connectivity index (χ0n) is 10.2. The van der Waals surface area contributed by atoms with Crippen molar-refractivity contribution in [2.45, 2.75) is 25.9 Å². The van der Waals surface area contributed by atoms with Crippen LogP contribution in [0.1, 0.15) is 19.4 Å². The zero-order valence-corrected chi connectivity index (χ0v) is 10.2. The maximum Gasteiger partial charge on any atom is 0.0657 e. The van der Waals surface area contributed by atoms with Gasteiger partial charge in [-0.25, -0.2) is 0 Å². The van der Waals surface area contributed by atoms with E-state index in [1.165, 1.54) is 5.56 Å². The van der Waals surface area contributed by atoms with Crippen molar-refractivity contribution in [3.05, 3.63) is 35.9 Å². The Hall–Kier alpha value is -0.900. The SMILES string of the molecule is CCOCC(C)(CN)NCc1ccccc1. The van der Waals surface area contributed by atoms with E-state index >= 15 is 0 Å². The van der Waals surface area contributed by atoms with Gasteiger partial charge >= 0.3 is 0 Å². The second-order valence-electron chi connectivity index (χ2n) is 4.24. The van der Waals surface area contributed by atoms with Crippen LogP contribution in [0.5, 0.6) is 0 Å². The maximum atomic E-state index is 5.77. The molecular weight excluding hydrogens is 200 g/mol. The number of nitrogens with two attached hydrogens (primary N) is 1. The minimum absolute atomic E-state index is 0.147. The molecule has 3 nitrogen and oxygen atoms in total. The Morgan fingerprint density at radius 2 is 2.00 bits per heavy atom. The maximum absolute atomic E-state index is 5.77. The summed E-state index contributed by atoms with van der Waals surface area (Å²) < 4.78 is 5.44. The first-order valence-electron chi connectivity index (χ1n) is 5.77. The summed E-state index contributed by atoms with van der Waals surface area (Å²) in [7, 11) is 0. The highest BCUT2D eigenvalue weighted by Gasteiger charge is 2.21. The summed E-state index contributed by atoms with van der Waals surface area (Å²) in [6.07, 6.45) is 0. The molecule has 0 saturated carbocycles. The fourth-order valence-corrected chi connectivity index (χ4v) is 1.42. The van der Waals surface area contributed by atoms with Crippen molar-refractivity contribution in [1.82, 2.24) is 5.32 Å². The molecule has 3 heteroatoms. The highest BCUT2D eigenvalue weighted by atomic mass is 16.5. The molecule has 0 bridgehead atoms. The lowest BCUT2D eigenvalue weighted by Crippen LogP contribution is -2.51. The molecule has 0 amide bonds. The summed E-state index contributed by atoms with van der Waals surface area (Å²) in [6.45, 7) is 6.84. The summed E-state index contributed by atoms with van der Waals surface area (Å²) in [4.78, 5) is 0. The Morgan fingerprint density at radius 1 is 1.31 bits per heavy atom. The van der Waals surface area contributed by atoms with Gasteiger partial charge in [0.1, 0.15) is 0 Å². The summed E-state index contributed by atoms with van der Waals surface area (Å²) in [5.74, 6) is 0. The van der Waals surface area contributed by atoms with Gasteiger partial charge in [-0.3, -0.25) is 0 Å². The van der Waals surface area contributed by atoms with Gasteiger partial charge in [-0.05, 0) is 19.4 Å². The molecule has 90 valence electrons. The molecule has 0 radical (unpaired) electrons. The van der Waals surface area contributed by atoms with E-state index in [4.69, 9.17) is 10.5 Å². The Labute approximate surface area is 98.0 Å². The van der Waals surface area contributed by atoms with Crippen LogP contribution in [0.25, 0.3) is 0 Å². The monoisotopic (exact) mass is 222 g/mol. The highest BCUT2D eigenvalue weighted by molar-refractivity contribution is 5.14. The van der Waals surface area contributed by atoms with Crippen LogP contribution in [0.3, 0.4) is 0 Å². The molecule has 3 N–H and O–H groups in total. The quantitative estimate of drug-likeness (QED) is 0.735. The van der Waals surface area contributed by atoms with E-state index in [-0.39, 0.29) is 5.54 Å². The molecule has 0 aliphatic rings. The third kappa shape index (κ3) is 4.31. The van der Waals surface area contributed by atoms with Crippen LogP contribution in [0.4, 0.5) is 0 Å². The number of nitrogens with one attached hydrogen (secondary N) is 1. The predicted molar refractivity (Wildman–Crippen MR) is 67.2 cm³/mol. The molecule has 16 heavy (non-hydrogen) atoms. The van der Waals surface area contributed by atoms with Gasteiger partial charge in [0.05, 0.1) is 12.1 Å². The summed E-state index contributed by atoms with van der Waals surface area (Å²) in [5, 5.41) is 3.45. The standard InChI is InChI=1S/C13H22N2O/c1-3-16-11-13(2,10-14)15-9-12-7-5-4-6-8-12/h4-8,15H,3,9-11,14H2,1-2H3. The van der Waals surface area contributed by atoms with Crippen LogP contribution in [0.15, 0.2) is 30.3 Å². The molecule has 0 aliphatic carbocycles. The average Bonchev–Trinajstić information content (AvgIpc) is 2.35. The van der Waals surface area contributed by atoms with Crippen molar-refractivity contribution >= 4 is 0 Å². The van der Waals surface area contributed by atoms with E-state index in [0.29, 0.717) is 13.2 Å². The number of hydrogen-bond donors (Lipinski definition) is 2. The first-order valence-corrected chi connectivity index (χ1v) is 5.77. The van der Waals surface area contributed by atoms with E-state index in [0.717, 1.165) is 13.2 Å². The number of rotatable bonds is 7. The first-order chi connectivity index (χ1) is 7.70. The Kier molecular flexibility index (Phi) is 5.46. The van der Waals surface area contributed by atoms with Crippen molar-refractivity contribution in [2.75, 3.05) is 19.8 Å². The second-order valence-corrected chi connectivity index (χ2v) is 4.24. The summed E-state index contributed by atoms with van der Waals surface area (Å²) in [5.41, 5.74) is 6.89. The lowest BCUT2D eigenvalue weighted by molar-refractivity contribution is 0.0867. The molecule has 0 heterocycles. The van der Waals surface area contributed by atoms with Gasteiger partial charge in [-0.15, -0.1) is 0 Å². The first kappa shape index (κ1) is 13.2. The van der Waals surface area contributed by atoms with Crippen molar-refractivity contribution in [1.29, 1.82) is 0 Å². The van der Waals surface area contributed by atoms with Gasteiger partial charge in [0, 0.05) is 19.7 Å². The largest absolute Gasteiger partial charge is 0.380 e. The van der Waals surface area contributed by atoms with Gasteiger partial charge < -0.3 is 15.8 Å². The topological polar surface area (TPSA) is 47.3 Å². The van der Waals surface area contributed by atoms with E-state index in [1.807, 2.05) is 25.1 Å². The molecule has 0 saturated heterocycles. The van der Waals surface area contributed by atoms with E-state index < -0.39 is 0 Å². The summed E-state index contributed by atoms with van der Waals surface area (Å²) >= 11 is 0. The fourth-order valence-electron chi connectivity index (χ4n) is 1.42. The average molecular weight is 222 g/mol. The van der Waals surface area contributed by atoms with Crippen LogP contribution < -0.4 is 11.1 Å². The van der Waals surface area contributed by atoms with Crippen LogP contribution >= 0.6 is 0 Å². The molecule has 0 aromatic heterocycles. The molecule has 0 fully saturated rings. The van der Waals surface area contributed by atoms with Crippen LogP contribution in [-0.2, 0) is 11.3 Å². The lowest BCUT2D eigenvalue weighted by Gasteiger charge is -2.29. The van der Waals surface area contributed by atoms with E-state index in [2.05, 4.69) is 24.4 Å². The van der Waals surface area contributed by atoms with E-state index in [1.54, 1.807) is 0 Å². The van der Waals surface area contributed by atoms with Gasteiger partial charge in [0.15, 0.2) is 0 Å². The van der Waals surface area contributed by atoms with Crippen molar-refractivity contribution < 1.29 is 4.74 Å². The molecule has 0 aliphatic heterocycles. The molecule has 1 unspecified atom stereocenters. The number of hydrogen-bond acceptors (Lipinski definition) is 3. The zero-order chi connectivity index (χ0) is 11.9. The third-order valence-electron chi connectivity index (χ3n) is 2.64. The number of benzene rings is 1. The van der Waals surface area contributed by atoms with E-state index in [9.17, 15) is 0 Å². The normalized spacial score (nSPS) is 14.7. The van der Waals surface area contributed by atoms with Crippen LogP contribution in [0.2, 0.25) is 0 Å². The van der Waals surface area contributed by atoms with Crippen LogP contribution in [-0.4, -0.2) is 25.3 Å². The minimum Gasteiger partial charge on any atom is -0.380 e. The summed E-state index contributed by atoms with van der Waals surface area (Å²) in [6, 6.07) is 10.3. The number of ether oxygens (including phenoxy) is 1. The Morgan fingerprint density at radius 3 is 2.56 bits per heavy atom. The van der Waals surface area contributed by atoms with Gasteiger partial charge in [0.25, 0.3) is 0 Å². The fraction of sp³-hybridized carbons (Fsp3) is 0.538. The molecule has 1 aromatic rings. The minimum atomic E-state index is -0.147. The van der Waals surface area contributed by atoms with Crippen molar-refractivity contribution in [2.24, 2.45) is 5.73 Å². The predicted octanol–water partition coefficient (Wildman–Crippen LogP) is 1.53. The highest BCUT2D eigenvalue weighted by Crippen LogP contribution is 2.05. The van der Waals surface area contributed by atoms with Gasteiger partial charge in [-0.1, -0.05) is 30.3 Å². The van der Waals surface area contributed by atoms with Crippen LogP contribution in [0, 0.1) is 0 Å². The third-order valence-corrected chi connectivity index (χ3v) is 2.64. The van der Waals surface area contributed by atoms with Crippen molar-refractivity contribution in [3.63, 3.8) is 0 Å². The Balaban J connectivity index is 2.44. The molecule has 1 aromatic carbocycles. The van der Waals surface area contributed by atoms with Crippen molar-refractivity contribution in [3.8, 4) is 0 Å². The second kappa shape index (κ2) is 6.63. The molecule has 0 spiro atoms. The lowest BCUT2D eigenvalue weighted by atomic mass is 10.0. The molecule has 1 atom stereocenters. The van der Waals surface area contributed by atoms with Gasteiger partial charge in [-0.2, -0.15) is 0 Å². The van der Waals surface area contributed by atoms with Gasteiger partial charge in [0.2, 0.25) is 0 Å². The smallest absolute Gasteiger partial charge is 0.0657 e.